The van der Waals surface area contributed by atoms with Crippen LogP contribution in [0, 0.1) is 0 Å². The van der Waals surface area contributed by atoms with Crippen molar-refractivity contribution in [1.29, 1.82) is 0 Å². The third-order valence-electron chi connectivity index (χ3n) is 1.20. The summed E-state index contributed by atoms with van der Waals surface area (Å²) in [6.07, 6.45) is 7.97. The third-order valence-corrected chi connectivity index (χ3v) is 1.20. The highest BCUT2D eigenvalue weighted by molar-refractivity contribution is 5.22. The third kappa shape index (κ3) is 5.58. The highest BCUT2D eigenvalue weighted by Crippen LogP contribution is 2.01. The highest BCUT2D eigenvalue weighted by Gasteiger charge is 1.86. The number of aliphatic hydroxyl groups excluding tert-OH is 1. The maximum Gasteiger partial charge on any atom is 0.0615 e. The van der Waals surface area contributed by atoms with Gasteiger partial charge in [-0.3, -0.25) is 0 Å². The van der Waals surface area contributed by atoms with Crippen LogP contribution in [0.4, 0.5) is 0 Å². The molecular weight excluding hydrogens is 138 g/mol. The lowest BCUT2D eigenvalue weighted by atomic mass is 10.1. The molecule has 0 aliphatic carbocycles. The van der Waals surface area contributed by atoms with Crippen LogP contribution in [-0.2, 0) is 0 Å². The summed E-state index contributed by atoms with van der Waals surface area (Å²) in [4.78, 5) is 0. The summed E-state index contributed by atoms with van der Waals surface area (Å²) in [5.74, 6) is 0. The molecule has 0 unspecified atom stereocenters. The van der Waals surface area contributed by atoms with Crippen molar-refractivity contribution in [1.82, 2.24) is 0 Å². The largest absolute Gasteiger partial charge is 0.392 e. The number of rotatable bonds is 5. The summed E-state index contributed by atoms with van der Waals surface area (Å²) in [5.41, 5.74) is 6.45. The van der Waals surface area contributed by atoms with Crippen molar-refractivity contribution in [2.45, 2.75) is 6.42 Å². The van der Waals surface area contributed by atoms with Crippen LogP contribution in [0.1, 0.15) is 6.42 Å². The summed E-state index contributed by atoms with van der Waals surface area (Å²) in [6.45, 7) is 4.27. The van der Waals surface area contributed by atoms with Crippen molar-refractivity contribution in [3.8, 4) is 0 Å². The van der Waals surface area contributed by atoms with E-state index in [0.29, 0.717) is 6.54 Å². The van der Waals surface area contributed by atoms with Gasteiger partial charge in [0.1, 0.15) is 0 Å². The number of nitrogens with two attached hydrogens (primary N) is 1. The summed E-state index contributed by atoms with van der Waals surface area (Å²) < 4.78 is 0. The Morgan fingerprint density at radius 1 is 1.55 bits per heavy atom. The summed E-state index contributed by atoms with van der Waals surface area (Å²) >= 11 is 0. The molecule has 2 nitrogen and oxygen atoms in total. The normalized spacial score (nSPS) is 12.4. The number of hydrogen-bond donors (Lipinski definition) is 2. The molecule has 0 aromatic heterocycles. The minimum absolute atomic E-state index is 0.0685. The topological polar surface area (TPSA) is 46.2 Å². The minimum atomic E-state index is 0.0685. The molecule has 3 N–H and O–H groups in total. The fraction of sp³-hybridized carbons (Fsp3) is 0.333. The molecule has 62 valence electrons. The Labute approximate surface area is 67.7 Å². The zero-order chi connectivity index (χ0) is 8.53. The second kappa shape index (κ2) is 7.25. The maximum absolute atomic E-state index is 8.48. The first kappa shape index (κ1) is 10.1. The molecule has 0 bridgehead atoms. The Bertz CT molecular complexity index is 159. The number of hydrogen-bond acceptors (Lipinski definition) is 2. The van der Waals surface area contributed by atoms with Crippen LogP contribution in [0.2, 0.25) is 0 Å². The summed E-state index contributed by atoms with van der Waals surface area (Å²) in [6, 6.07) is 0. The van der Waals surface area contributed by atoms with Crippen molar-refractivity contribution < 1.29 is 5.11 Å². The van der Waals surface area contributed by atoms with Gasteiger partial charge in [0.2, 0.25) is 0 Å². The zero-order valence-electron chi connectivity index (χ0n) is 6.66. The molecule has 2 heteroatoms. The Hall–Kier alpha value is -0.860. The van der Waals surface area contributed by atoms with E-state index in [4.69, 9.17) is 10.8 Å². The van der Waals surface area contributed by atoms with Crippen LogP contribution in [0.25, 0.3) is 0 Å². The van der Waals surface area contributed by atoms with E-state index in [-0.39, 0.29) is 6.61 Å². The Morgan fingerprint density at radius 2 is 2.27 bits per heavy atom. The standard InChI is InChI=1S/C9H15NO/c1-2-4-9(6-7-10)5-3-8-11/h2-5,11H,1,6-8,10H2/b5-3-,9-4+. The minimum Gasteiger partial charge on any atom is -0.392 e. The molecule has 0 saturated heterocycles. The van der Waals surface area contributed by atoms with Crippen molar-refractivity contribution in [2.75, 3.05) is 13.2 Å². The number of allylic oxidation sites excluding steroid dienone is 3. The fourth-order valence-electron chi connectivity index (χ4n) is 0.744. The van der Waals surface area contributed by atoms with Crippen LogP contribution in [0.15, 0.2) is 36.5 Å². The van der Waals surface area contributed by atoms with E-state index in [1.54, 1.807) is 12.2 Å². The van der Waals surface area contributed by atoms with Gasteiger partial charge in [-0.05, 0) is 18.5 Å². The molecule has 0 radical (unpaired) electrons. The van der Waals surface area contributed by atoms with Gasteiger partial charge in [-0.1, -0.05) is 30.9 Å². The molecule has 0 spiro atoms. The fourth-order valence-corrected chi connectivity index (χ4v) is 0.744. The van der Waals surface area contributed by atoms with Gasteiger partial charge in [0.15, 0.2) is 0 Å². The van der Waals surface area contributed by atoms with Gasteiger partial charge in [0.25, 0.3) is 0 Å². The van der Waals surface area contributed by atoms with Crippen LogP contribution in [0.5, 0.6) is 0 Å². The van der Waals surface area contributed by atoms with E-state index in [2.05, 4.69) is 6.58 Å². The molecule has 11 heavy (non-hydrogen) atoms. The second-order valence-corrected chi connectivity index (χ2v) is 2.10. The smallest absolute Gasteiger partial charge is 0.0615 e. The van der Waals surface area contributed by atoms with Crippen LogP contribution in [-0.4, -0.2) is 18.3 Å². The van der Waals surface area contributed by atoms with E-state index in [1.165, 1.54) is 0 Å². The van der Waals surface area contributed by atoms with Crippen molar-refractivity contribution in [3.63, 3.8) is 0 Å². The first-order valence-corrected chi connectivity index (χ1v) is 3.64. The maximum atomic E-state index is 8.48. The lowest BCUT2D eigenvalue weighted by Crippen LogP contribution is -1.98. The summed E-state index contributed by atoms with van der Waals surface area (Å²) in [7, 11) is 0. The quantitative estimate of drug-likeness (QED) is 0.579. The van der Waals surface area contributed by atoms with E-state index in [1.807, 2.05) is 12.2 Å². The van der Waals surface area contributed by atoms with Crippen molar-refractivity contribution >= 4 is 0 Å². The SMILES string of the molecule is C=C/C=C(\C=C/CO)CCN. The Morgan fingerprint density at radius 3 is 2.73 bits per heavy atom. The number of aliphatic hydroxyl groups is 1. The average molecular weight is 153 g/mol. The van der Waals surface area contributed by atoms with E-state index >= 15 is 0 Å². The van der Waals surface area contributed by atoms with E-state index in [9.17, 15) is 0 Å². The first-order chi connectivity index (χ1) is 5.35. The predicted molar refractivity (Wildman–Crippen MR) is 48.2 cm³/mol. The van der Waals surface area contributed by atoms with Gasteiger partial charge in [0.05, 0.1) is 6.61 Å². The molecule has 0 saturated carbocycles. The molecule has 0 amide bonds. The lowest BCUT2D eigenvalue weighted by molar-refractivity contribution is 0.342. The van der Waals surface area contributed by atoms with Crippen molar-refractivity contribution in [2.24, 2.45) is 5.73 Å². The van der Waals surface area contributed by atoms with Gasteiger partial charge in [-0.2, -0.15) is 0 Å². The molecule has 0 atom stereocenters. The van der Waals surface area contributed by atoms with Gasteiger partial charge < -0.3 is 10.8 Å². The van der Waals surface area contributed by atoms with Gasteiger partial charge in [-0.25, -0.2) is 0 Å². The van der Waals surface area contributed by atoms with E-state index in [0.717, 1.165) is 12.0 Å². The molecule has 0 rings (SSSR count). The van der Waals surface area contributed by atoms with E-state index < -0.39 is 0 Å². The summed E-state index contributed by atoms with van der Waals surface area (Å²) in [5, 5.41) is 8.48. The second-order valence-electron chi connectivity index (χ2n) is 2.10. The molecule has 0 aromatic carbocycles. The lowest BCUT2D eigenvalue weighted by Gasteiger charge is -1.96. The van der Waals surface area contributed by atoms with Gasteiger partial charge in [0, 0.05) is 0 Å². The molecular formula is C9H15NO. The molecule has 0 heterocycles. The monoisotopic (exact) mass is 153 g/mol. The molecule has 0 aromatic rings. The molecule has 0 fully saturated rings. The van der Waals surface area contributed by atoms with Crippen LogP contribution < -0.4 is 5.73 Å². The van der Waals surface area contributed by atoms with Gasteiger partial charge in [-0.15, -0.1) is 0 Å². The molecule has 0 aliphatic heterocycles. The first-order valence-electron chi connectivity index (χ1n) is 3.64. The molecule has 0 aliphatic rings. The van der Waals surface area contributed by atoms with Crippen LogP contribution >= 0.6 is 0 Å². The highest BCUT2D eigenvalue weighted by atomic mass is 16.2. The van der Waals surface area contributed by atoms with Crippen LogP contribution in [0.3, 0.4) is 0 Å². The Balaban J connectivity index is 3.98. The van der Waals surface area contributed by atoms with Crippen molar-refractivity contribution in [3.05, 3.63) is 36.5 Å². The zero-order valence-corrected chi connectivity index (χ0v) is 6.66. The van der Waals surface area contributed by atoms with Gasteiger partial charge >= 0.3 is 0 Å². The predicted octanol–water partition coefficient (Wildman–Crippen LogP) is 0.996. The average Bonchev–Trinajstić information content (AvgIpc) is 2.01. The Kier molecular flexibility index (Phi) is 6.68.